The van der Waals surface area contributed by atoms with Crippen LogP contribution in [0.25, 0.3) is 0 Å². The fourth-order valence-corrected chi connectivity index (χ4v) is 2.73. The van der Waals surface area contributed by atoms with E-state index in [4.69, 9.17) is 0 Å². The average Bonchev–Trinajstić information content (AvgIpc) is 2.71. The maximum Gasteiger partial charge on any atom is 0.236 e. The minimum Gasteiger partial charge on any atom is -0.375 e. The molecular weight excluding hydrogens is 292 g/mol. The average molecular weight is 311 g/mol. The molecule has 0 radical (unpaired) electrons. The van der Waals surface area contributed by atoms with Crippen molar-refractivity contribution in [3.63, 3.8) is 0 Å². The van der Waals surface area contributed by atoms with Crippen molar-refractivity contribution in [3.05, 3.63) is 30.3 Å². The summed E-state index contributed by atoms with van der Waals surface area (Å²) in [5.41, 5.74) is 1.23. The second-order valence-corrected chi connectivity index (χ2v) is 5.80. The van der Waals surface area contributed by atoms with E-state index in [1.807, 2.05) is 23.1 Å². The molecule has 1 fully saturated rings. The summed E-state index contributed by atoms with van der Waals surface area (Å²) in [5.74, 6) is 0.248. The highest BCUT2D eigenvalue weighted by Crippen LogP contribution is 2.18. The highest BCUT2D eigenvalue weighted by molar-refractivity contribution is 9.10. The molecule has 1 aromatic carbocycles. The molecule has 1 unspecified atom stereocenters. The topological polar surface area (TPSA) is 23.6 Å². The molecule has 0 aliphatic carbocycles. The van der Waals surface area contributed by atoms with Crippen molar-refractivity contribution in [2.45, 2.75) is 17.7 Å². The van der Waals surface area contributed by atoms with Crippen molar-refractivity contribution >= 4 is 27.5 Å². The van der Waals surface area contributed by atoms with Gasteiger partial charge in [-0.25, -0.2) is 0 Å². The number of amides is 1. The van der Waals surface area contributed by atoms with Crippen LogP contribution in [0.1, 0.15) is 12.8 Å². The summed E-state index contributed by atoms with van der Waals surface area (Å²) in [7, 11) is 2.09. The third kappa shape index (κ3) is 3.25. The molecule has 1 atom stereocenters. The maximum atomic E-state index is 11.7. The Balaban J connectivity index is 1.74. The van der Waals surface area contributed by atoms with Crippen molar-refractivity contribution in [1.82, 2.24) is 4.90 Å². The number of halogens is 1. The first kappa shape index (κ1) is 13.4. The van der Waals surface area contributed by atoms with Gasteiger partial charge in [0.1, 0.15) is 0 Å². The largest absolute Gasteiger partial charge is 0.375 e. The van der Waals surface area contributed by atoms with Crippen molar-refractivity contribution < 1.29 is 4.79 Å². The number of hydrogen-bond donors (Lipinski definition) is 0. The molecule has 3 nitrogen and oxygen atoms in total. The molecule has 1 aliphatic heterocycles. The van der Waals surface area contributed by atoms with Crippen molar-refractivity contribution in [1.29, 1.82) is 0 Å². The van der Waals surface area contributed by atoms with Crippen LogP contribution in [0, 0.1) is 0 Å². The molecule has 0 N–H and O–H groups in total. The molecule has 1 aliphatic rings. The molecule has 4 heteroatoms. The zero-order chi connectivity index (χ0) is 13.0. The Hall–Kier alpha value is -1.03. The zero-order valence-electron chi connectivity index (χ0n) is 10.7. The molecule has 0 bridgehead atoms. The van der Waals surface area contributed by atoms with Crippen LogP contribution in [-0.4, -0.2) is 42.3 Å². The molecule has 1 heterocycles. The quantitative estimate of drug-likeness (QED) is 0.780. The Morgan fingerprint density at radius 1 is 1.39 bits per heavy atom. The van der Waals surface area contributed by atoms with E-state index in [2.05, 4.69) is 40.0 Å². The first-order valence-electron chi connectivity index (χ1n) is 6.37. The number of carbonyl (C=O) groups excluding carboxylic acids is 1. The normalized spacial score (nSPS) is 19.3. The van der Waals surface area contributed by atoms with Crippen LogP contribution in [0.3, 0.4) is 0 Å². The van der Waals surface area contributed by atoms with E-state index in [1.165, 1.54) is 5.69 Å². The number of benzene rings is 1. The highest BCUT2D eigenvalue weighted by atomic mass is 79.9. The molecule has 0 saturated carbocycles. The fourth-order valence-electron chi connectivity index (χ4n) is 2.23. The standard InChI is InChI=1S/C14H19BrN2O/c1-16(12-6-3-2-4-7-12)9-5-10-17-11-8-13(15)14(17)18/h2-4,6-7,13H,5,8-11H2,1H3. The molecule has 0 spiro atoms. The van der Waals surface area contributed by atoms with Crippen molar-refractivity contribution in [2.75, 3.05) is 31.6 Å². The minimum atomic E-state index is 0.0457. The molecule has 2 rings (SSSR count). The molecule has 1 amide bonds. The van der Waals surface area contributed by atoms with Gasteiger partial charge in [0.05, 0.1) is 4.83 Å². The van der Waals surface area contributed by atoms with E-state index in [0.29, 0.717) is 0 Å². The van der Waals surface area contributed by atoms with E-state index >= 15 is 0 Å². The molecule has 98 valence electrons. The molecular formula is C14H19BrN2O. The van der Waals surface area contributed by atoms with E-state index in [0.717, 1.165) is 32.5 Å². The lowest BCUT2D eigenvalue weighted by molar-refractivity contribution is -0.127. The number of carbonyl (C=O) groups is 1. The van der Waals surface area contributed by atoms with Gasteiger partial charge < -0.3 is 9.80 Å². The number of rotatable bonds is 5. The first-order chi connectivity index (χ1) is 8.68. The first-order valence-corrected chi connectivity index (χ1v) is 7.29. The number of likely N-dealkylation sites (tertiary alicyclic amines) is 1. The van der Waals surface area contributed by atoms with E-state index in [1.54, 1.807) is 0 Å². The van der Waals surface area contributed by atoms with Gasteiger partial charge in [0.25, 0.3) is 0 Å². The third-order valence-corrected chi connectivity index (χ3v) is 4.20. The zero-order valence-corrected chi connectivity index (χ0v) is 12.3. The third-order valence-electron chi connectivity index (χ3n) is 3.35. The van der Waals surface area contributed by atoms with Gasteiger partial charge in [0, 0.05) is 32.4 Å². The molecule has 1 aromatic rings. The summed E-state index contributed by atoms with van der Waals surface area (Å²) < 4.78 is 0. The summed E-state index contributed by atoms with van der Waals surface area (Å²) in [4.78, 5) is 15.9. The number of nitrogens with zero attached hydrogens (tertiary/aromatic N) is 2. The van der Waals surface area contributed by atoms with Crippen LogP contribution in [0.15, 0.2) is 30.3 Å². The summed E-state index contributed by atoms with van der Waals surface area (Å²) in [6.45, 7) is 2.72. The van der Waals surface area contributed by atoms with Crippen LogP contribution in [0.2, 0.25) is 0 Å². The van der Waals surface area contributed by atoms with Gasteiger partial charge in [-0.15, -0.1) is 0 Å². The lowest BCUT2D eigenvalue weighted by Crippen LogP contribution is -2.31. The Morgan fingerprint density at radius 2 is 2.11 bits per heavy atom. The SMILES string of the molecule is CN(CCCN1CCC(Br)C1=O)c1ccccc1. The summed E-state index contributed by atoms with van der Waals surface area (Å²) in [6, 6.07) is 10.3. The van der Waals surface area contributed by atoms with Crippen molar-refractivity contribution in [2.24, 2.45) is 0 Å². The Labute approximate surface area is 117 Å². The van der Waals surface area contributed by atoms with Crippen LogP contribution >= 0.6 is 15.9 Å². The second kappa shape index (κ2) is 6.23. The van der Waals surface area contributed by atoms with Gasteiger partial charge in [0.15, 0.2) is 0 Å². The summed E-state index contributed by atoms with van der Waals surface area (Å²) in [6.07, 6.45) is 1.95. The predicted molar refractivity (Wildman–Crippen MR) is 78.2 cm³/mol. The van der Waals surface area contributed by atoms with Crippen LogP contribution < -0.4 is 4.90 Å². The van der Waals surface area contributed by atoms with Crippen molar-refractivity contribution in [3.8, 4) is 0 Å². The highest BCUT2D eigenvalue weighted by Gasteiger charge is 2.28. The summed E-state index contributed by atoms with van der Waals surface area (Å²) >= 11 is 3.40. The lowest BCUT2D eigenvalue weighted by atomic mass is 10.3. The molecule has 0 aromatic heterocycles. The lowest BCUT2D eigenvalue weighted by Gasteiger charge is -2.21. The predicted octanol–water partition coefficient (Wildman–Crippen LogP) is 2.51. The number of para-hydroxylation sites is 1. The Bertz CT molecular complexity index is 396. The van der Waals surface area contributed by atoms with Crippen LogP contribution in [0.4, 0.5) is 5.69 Å². The van der Waals surface area contributed by atoms with Gasteiger partial charge in [-0.2, -0.15) is 0 Å². The second-order valence-electron chi connectivity index (χ2n) is 4.69. The number of hydrogen-bond acceptors (Lipinski definition) is 2. The van der Waals surface area contributed by atoms with Crippen LogP contribution in [0.5, 0.6) is 0 Å². The summed E-state index contributed by atoms with van der Waals surface area (Å²) in [5, 5.41) is 0. The Kier molecular flexibility index (Phi) is 4.64. The molecule has 1 saturated heterocycles. The van der Waals surface area contributed by atoms with Crippen LogP contribution in [-0.2, 0) is 4.79 Å². The van der Waals surface area contributed by atoms with Gasteiger partial charge in [-0.3, -0.25) is 4.79 Å². The number of alkyl halides is 1. The van der Waals surface area contributed by atoms with Gasteiger partial charge in [0.2, 0.25) is 5.91 Å². The monoisotopic (exact) mass is 310 g/mol. The van der Waals surface area contributed by atoms with Gasteiger partial charge in [-0.05, 0) is 25.0 Å². The van der Waals surface area contributed by atoms with E-state index < -0.39 is 0 Å². The van der Waals surface area contributed by atoms with E-state index in [-0.39, 0.29) is 10.7 Å². The molecule has 18 heavy (non-hydrogen) atoms. The van der Waals surface area contributed by atoms with E-state index in [9.17, 15) is 4.79 Å². The minimum absolute atomic E-state index is 0.0457. The van der Waals surface area contributed by atoms with Gasteiger partial charge in [-0.1, -0.05) is 34.1 Å². The Morgan fingerprint density at radius 3 is 2.72 bits per heavy atom. The number of anilines is 1. The smallest absolute Gasteiger partial charge is 0.236 e. The van der Waals surface area contributed by atoms with Gasteiger partial charge >= 0.3 is 0 Å². The maximum absolute atomic E-state index is 11.7. The fraction of sp³-hybridized carbons (Fsp3) is 0.500.